The summed E-state index contributed by atoms with van der Waals surface area (Å²) in [4.78, 5) is 14.8. The molecule has 0 bridgehead atoms. The lowest BCUT2D eigenvalue weighted by Gasteiger charge is -2.12. The summed E-state index contributed by atoms with van der Waals surface area (Å²) in [6, 6.07) is 7.61. The Hall–Kier alpha value is -2.57. The molecule has 1 heterocycles. The maximum Gasteiger partial charge on any atom is 0.433 e. The molecule has 0 atom stereocenters. The van der Waals surface area contributed by atoms with Crippen LogP contribution in [-0.4, -0.2) is 23.2 Å². The first-order valence-electron chi connectivity index (χ1n) is 5.79. The molecule has 0 aliphatic rings. The molecule has 4 nitrogen and oxygen atoms in total. The highest BCUT2D eigenvalue weighted by Gasteiger charge is 2.32. The number of carboxylic acids is 1. The second-order valence-corrected chi connectivity index (χ2v) is 4.09. The molecule has 0 spiro atoms. The molecular weight excluding hydrogens is 287 g/mol. The van der Waals surface area contributed by atoms with Crippen molar-refractivity contribution in [3.8, 4) is 17.0 Å². The van der Waals surface area contributed by atoms with Gasteiger partial charge in [-0.05, 0) is 18.2 Å². The van der Waals surface area contributed by atoms with E-state index in [0.29, 0.717) is 0 Å². The second kappa shape index (κ2) is 5.43. The smallest absolute Gasteiger partial charge is 0.433 e. The van der Waals surface area contributed by atoms with Crippen molar-refractivity contribution in [2.24, 2.45) is 0 Å². The summed E-state index contributed by atoms with van der Waals surface area (Å²) in [5.41, 5.74) is -1.33. The number of ether oxygens (including phenoxy) is 1. The van der Waals surface area contributed by atoms with Gasteiger partial charge in [-0.1, -0.05) is 18.2 Å². The minimum atomic E-state index is -4.60. The number of hydrogen-bond acceptors (Lipinski definition) is 3. The highest BCUT2D eigenvalue weighted by atomic mass is 19.4. The van der Waals surface area contributed by atoms with Crippen LogP contribution in [0.5, 0.6) is 5.75 Å². The molecule has 1 aromatic heterocycles. The summed E-state index contributed by atoms with van der Waals surface area (Å²) in [6.07, 6.45) is -4.60. The van der Waals surface area contributed by atoms with Crippen LogP contribution in [0.3, 0.4) is 0 Å². The van der Waals surface area contributed by atoms with Gasteiger partial charge in [0.15, 0.2) is 0 Å². The van der Waals surface area contributed by atoms with Crippen LogP contribution in [0.15, 0.2) is 36.4 Å². The van der Waals surface area contributed by atoms with Crippen LogP contribution in [0.25, 0.3) is 11.3 Å². The molecule has 1 aromatic carbocycles. The quantitative estimate of drug-likeness (QED) is 0.942. The maximum atomic E-state index is 12.7. The van der Waals surface area contributed by atoms with E-state index in [0.717, 1.165) is 6.07 Å². The van der Waals surface area contributed by atoms with Gasteiger partial charge in [-0.15, -0.1) is 0 Å². The zero-order valence-electron chi connectivity index (χ0n) is 10.8. The van der Waals surface area contributed by atoms with Crippen molar-refractivity contribution in [3.63, 3.8) is 0 Å². The molecule has 0 radical (unpaired) electrons. The van der Waals surface area contributed by atoms with Crippen LogP contribution in [0, 0.1) is 0 Å². The van der Waals surface area contributed by atoms with Gasteiger partial charge in [0.25, 0.3) is 0 Å². The van der Waals surface area contributed by atoms with Crippen molar-refractivity contribution in [2.45, 2.75) is 6.18 Å². The van der Waals surface area contributed by atoms with Crippen LogP contribution in [0.4, 0.5) is 13.2 Å². The molecule has 7 heteroatoms. The fraction of sp³-hybridized carbons (Fsp3) is 0.143. The molecule has 0 fully saturated rings. The molecule has 0 amide bonds. The molecule has 0 saturated heterocycles. The SMILES string of the molecule is COc1cccc(-c2cccc(C(F)(F)F)n2)c1C(=O)O. The molecule has 0 aliphatic carbocycles. The molecule has 0 aliphatic heterocycles. The lowest BCUT2D eigenvalue weighted by atomic mass is 10.0. The Morgan fingerprint density at radius 2 is 1.86 bits per heavy atom. The van der Waals surface area contributed by atoms with E-state index in [1.54, 1.807) is 0 Å². The van der Waals surface area contributed by atoms with Crippen LogP contribution in [0.2, 0.25) is 0 Å². The van der Waals surface area contributed by atoms with Crippen LogP contribution < -0.4 is 4.74 Å². The van der Waals surface area contributed by atoms with E-state index in [2.05, 4.69) is 4.98 Å². The molecule has 0 saturated carbocycles. The van der Waals surface area contributed by atoms with Crippen LogP contribution in [-0.2, 0) is 6.18 Å². The first-order chi connectivity index (χ1) is 9.84. The largest absolute Gasteiger partial charge is 0.496 e. The van der Waals surface area contributed by atoms with E-state index in [-0.39, 0.29) is 22.6 Å². The van der Waals surface area contributed by atoms with Gasteiger partial charge < -0.3 is 9.84 Å². The Bertz CT molecular complexity index is 683. The molecule has 2 rings (SSSR count). The third-order valence-electron chi connectivity index (χ3n) is 2.78. The van der Waals surface area contributed by atoms with Crippen molar-refractivity contribution < 1.29 is 27.8 Å². The molecule has 0 unspecified atom stereocenters. The van der Waals surface area contributed by atoms with E-state index in [9.17, 15) is 23.1 Å². The minimum Gasteiger partial charge on any atom is -0.496 e. The number of halogens is 3. The van der Waals surface area contributed by atoms with Crippen LogP contribution >= 0.6 is 0 Å². The van der Waals surface area contributed by atoms with Crippen LogP contribution in [0.1, 0.15) is 16.1 Å². The standard InChI is InChI=1S/C14H10F3NO3/c1-21-10-6-2-4-8(12(10)13(19)20)9-5-3-7-11(18-9)14(15,16)17/h2-7H,1H3,(H,19,20). The van der Waals surface area contributed by atoms with Gasteiger partial charge in [0.05, 0.1) is 12.8 Å². The summed E-state index contributed by atoms with van der Waals surface area (Å²) in [5, 5.41) is 9.24. The van der Waals surface area contributed by atoms with Gasteiger partial charge in [-0.25, -0.2) is 9.78 Å². The van der Waals surface area contributed by atoms with Gasteiger partial charge >= 0.3 is 12.1 Å². The predicted octanol–water partition coefficient (Wildman–Crippen LogP) is 3.47. The molecular formula is C14H10F3NO3. The highest BCUT2D eigenvalue weighted by molar-refractivity contribution is 5.98. The first-order valence-corrected chi connectivity index (χ1v) is 5.79. The summed E-state index contributed by atoms with van der Waals surface area (Å²) in [7, 11) is 1.28. The fourth-order valence-corrected chi connectivity index (χ4v) is 1.88. The topological polar surface area (TPSA) is 59.4 Å². The van der Waals surface area contributed by atoms with Gasteiger partial charge in [-0.3, -0.25) is 0 Å². The van der Waals surface area contributed by atoms with Gasteiger partial charge in [0, 0.05) is 5.56 Å². The summed E-state index contributed by atoms with van der Waals surface area (Å²) in [5.74, 6) is -1.25. The Labute approximate surface area is 117 Å². The number of aromatic carboxylic acids is 1. The van der Waals surface area contributed by atoms with E-state index in [1.165, 1.54) is 37.4 Å². The minimum absolute atomic E-state index is 0.0548. The highest BCUT2D eigenvalue weighted by Crippen LogP contribution is 2.33. The number of benzene rings is 1. The van der Waals surface area contributed by atoms with Crippen molar-refractivity contribution in [3.05, 3.63) is 47.7 Å². The Balaban J connectivity index is 2.65. The lowest BCUT2D eigenvalue weighted by molar-refractivity contribution is -0.141. The average Bonchev–Trinajstić information content (AvgIpc) is 2.45. The van der Waals surface area contributed by atoms with E-state index < -0.39 is 17.8 Å². The molecule has 21 heavy (non-hydrogen) atoms. The number of alkyl halides is 3. The Morgan fingerprint density at radius 1 is 1.19 bits per heavy atom. The number of pyridine rings is 1. The number of carboxylic acid groups (broad SMARTS) is 1. The summed E-state index contributed by atoms with van der Waals surface area (Å²) >= 11 is 0. The summed E-state index contributed by atoms with van der Waals surface area (Å²) < 4.78 is 43.0. The normalized spacial score (nSPS) is 11.2. The third-order valence-corrected chi connectivity index (χ3v) is 2.78. The number of aromatic nitrogens is 1. The van der Waals surface area contributed by atoms with Crippen molar-refractivity contribution in [2.75, 3.05) is 7.11 Å². The zero-order valence-corrected chi connectivity index (χ0v) is 10.8. The number of hydrogen-bond donors (Lipinski definition) is 1. The van der Waals surface area contributed by atoms with Crippen molar-refractivity contribution in [1.29, 1.82) is 0 Å². The zero-order chi connectivity index (χ0) is 15.6. The van der Waals surface area contributed by atoms with Crippen molar-refractivity contribution in [1.82, 2.24) is 4.98 Å². The molecule has 110 valence electrons. The van der Waals surface area contributed by atoms with E-state index in [1.807, 2.05) is 0 Å². The Morgan fingerprint density at radius 3 is 2.43 bits per heavy atom. The van der Waals surface area contributed by atoms with Gasteiger partial charge in [-0.2, -0.15) is 13.2 Å². The number of rotatable bonds is 3. The summed E-state index contributed by atoms with van der Waals surface area (Å²) in [6.45, 7) is 0. The average molecular weight is 297 g/mol. The van der Waals surface area contributed by atoms with E-state index in [4.69, 9.17) is 4.74 Å². The first kappa shape index (κ1) is 14.8. The number of nitrogens with zero attached hydrogens (tertiary/aromatic N) is 1. The maximum absolute atomic E-state index is 12.7. The van der Waals surface area contributed by atoms with E-state index >= 15 is 0 Å². The lowest BCUT2D eigenvalue weighted by Crippen LogP contribution is -2.09. The third kappa shape index (κ3) is 2.96. The second-order valence-electron chi connectivity index (χ2n) is 4.09. The number of methoxy groups -OCH3 is 1. The van der Waals surface area contributed by atoms with Crippen molar-refractivity contribution >= 4 is 5.97 Å². The Kier molecular flexibility index (Phi) is 3.84. The predicted molar refractivity (Wildman–Crippen MR) is 68.2 cm³/mol. The molecule has 2 aromatic rings. The monoisotopic (exact) mass is 297 g/mol. The molecule has 1 N–H and O–H groups in total. The van der Waals surface area contributed by atoms with Gasteiger partial charge in [0.2, 0.25) is 0 Å². The fourth-order valence-electron chi connectivity index (χ4n) is 1.88. The number of carbonyl (C=O) groups is 1. The van der Waals surface area contributed by atoms with Gasteiger partial charge in [0.1, 0.15) is 17.0 Å².